The fourth-order valence-electron chi connectivity index (χ4n) is 2.27. The largest absolute Gasteiger partial charge is 0.504 e. The molecule has 0 aromatic heterocycles. The number of ether oxygens (including phenoxy) is 1. The van der Waals surface area contributed by atoms with Crippen LogP contribution in [-0.2, 0) is 4.79 Å². The summed E-state index contributed by atoms with van der Waals surface area (Å²) in [6.07, 6.45) is 6.99. The van der Waals surface area contributed by atoms with Crippen LogP contribution in [-0.4, -0.2) is 23.4 Å². The summed E-state index contributed by atoms with van der Waals surface area (Å²) in [5, 5.41) is 9.68. The lowest BCUT2D eigenvalue weighted by Gasteiger charge is -2.13. The number of phenols is 1. The summed E-state index contributed by atoms with van der Waals surface area (Å²) in [5.74, 6) is -1.63. The van der Waals surface area contributed by atoms with Crippen LogP contribution in [0.25, 0.3) is 0 Å². The van der Waals surface area contributed by atoms with Gasteiger partial charge >= 0.3 is 0 Å². The molecule has 1 aromatic rings. The number of Topliss-reactive ketones (excluding diaryl/α,β-unsaturated/α-hetero) is 1. The van der Waals surface area contributed by atoms with E-state index in [1.54, 1.807) is 6.92 Å². The number of primary amides is 1. The lowest BCUT2D eigenvalue weighted by atomic mass is 9.92. The first kappa shape index (κ1) is 18.7. The lowest BCUT2D eigenvalue weighted by Crippen LogP contribution is -2.30. The van der Waals surface area contributed by atoms with E-state index in [9.17, 15) is 14.7 Å². The van der Waals surface area contributed by atoms with Gasteiger partial charge in [-0.1, -0.05) is 19.1 Å². The maximum absolute atomic E-state index is 12.5. The van der Waals surface area contributed by atoms with E-state index in [1.807, 2.05) is 13.0 Å². The molecule has 1 unspecified atom stereocenters. The first-order valence-electron chi connectivity index (χ1n) is 7.95. The highest BCUT2D eigenvalue weighted by atomic mass is 16.5. The standard InChI is InChI=1S/C18H25NO4/c1-3-5-6-7-8-9-14(18(19)22)17(21)13-10-11-15(20)16(12-13)23-4-2/h5-6,10-12,14,20H,3-4,7-9H2,1-2H3,(H2,19,22)/b6-5+. The molecule has 0 radical (unpaired) electrons. The second kappa shape index (κ2) is 9.66. The molecule has 1 atom stereocenters. The summed E-state index contributed by atoms with van der Waals surface area (Å²) in [4.78, 5) is 24.1. The first-order valence-corrected chi connectivity index (χ1v) is 7.95. The summed E-state index contributed by atoms with van der Waals surface area (Å²) >= 11 is 0. The Kier molecular flexibility index (Phi) is 7.88. The van der Waals surface area contributed by atoms with Crippen LogP contribution < -0.4 is 10.5 Å². The Morgan fingerprint density at radius 3 is 2.65 bits per heavy atom. The average molecular weight is 319 g/mol. The fourth-order valence-corrected chi connectivity index (χ4v) is 2.27. The molecule has 0 heterocycles. The molecule has 3 N–H and O–H groups in total. The SMILES string of the molecule is CC/C=C/CCCC(C(N)=O)C(=O)c1ccc(O)c(OCC)c1. The number of phenolic OH excluding ortho intramolecular Hbond substituents is 1. The maximum atomic E-state index is 12.5. The molecule has 0 aliphatic heterocycles. The van der Waals surface area contributed by atoms with Crippen LogP contribution >= 0.6 is 0 Å². The van der Waals surface area contributed by atoms with Gasteiger partial charge in [-0.3, -0.25) is 9.59 Å². The van der Waals surface area contributed by atoms with Crippen molar-refractivity contribution >= 4 is 11.7 Å². The second-order valence-corrected chi connectivity index (χ2v) is 5.25. The molecular weight excluding hydrogens is 294 g/mol. The minimum atomic E-state index is -0.857. The van der Waals surface area contributed by atoms with Gasteiger partial charge in [-0.2, -0.15) is 0 Å². The zero-order valence-electron chi connectivity index (χ0n) is 13.7. The van der Waals surface area contributed by atoms with E-state index in [4.69, 9.17) is 10.5 Å². The Labute approximate surface area is 137 Å². The molecule has 0 spiro atoms. The molecule has 0 fully saturated rings. The monoisotopic (exact) mass is 319 g/mol. The van der Waals surface area contributed by atoms with Crippen LogP contribution in [0.5, 0.6) is 11.5 Å². The number of ketones is 1. The third-order valence-electron chi connectivity index (χ3n) is 3.47. The molecule has 0 aliphatic rings. The van der Waals surface area contributed by atoms with Gasteiger partial charge in [-0.05, 0) is 50.8 Å². The first-order chi connectivity index (χ1) is 11.0. The molecule has 0 aliphatic carbocycles. The topological polar surface area (TPSA) is 89.6 Å². The summed E-state index contributed by atoms with van der Waals surface area (Å²) in [6, 6.07) is 4.32. The van der Waals surface area contributed by atoms with E-state index in [2.05, 4.69) is 6.08 Å². The van der Waals surface area contributed by atoms with Crippen molar-refractivity contribution in [3.8, 4) is 11.5 Å². The van der Waals surface area contributed by atoms with Crippen LogP contribution in [0.4, 0.5) is 0 Å². The number of carbonyl (C=O) groups is 2. The molecule has 1 rings (SSSR count). The summed E-state index contributed by atoms with van der Waals surface area (Å²) in [5.41, 5.74) is 5.70. The van der Waals surface area contributed by atoms with Gasteiger partial charge in [0.25, 0.3) is 0 Å². The number of amides is 1. The van der Waals surface area contributed by atoms with Gasteiger partial charge in [-0.25, -0.2) is 0 Å². The molecule has 5 nitrogen and oxygen atoms in total. The van der Waals surface area contributed by atoms with Crippen molar-refractivity contribution in [1.82, 2.24) is 0 Å². The highest BCUT2D eigenvalue weighted by Gasteiger charge is 2.25. The molecule has 126 valence electrons. The van der Waals surface area contributed by atoms with E-state index >= 15 is 0 Å². The summed E-state index contributed by atoms with van der Waals surface area (Å²) in [7, 11) is 0. The van der Waals surface area contributed by atoms with E-state index in [0.717, 1.165) is 12.8 Å². The molecule has 0 saturated carbocycles. The van der Waals surface area contributed by atoms with Crippen molar-refractivity contribution in [2.45, 2.75) is 39.5 Å². The number of unbranched alkanes of at least 4 members (excludes halogenated alkanes) is 1. The molecule has 0 bridgehead atoms. The predicted molar refractivity (Wildman–Crippen MR) is 89.6 cm³/mol. The number of nitrogens with two attached hydrogens (primary N) is 1. The third-order valence-corrected chi connectivity index (χ3v) is 3.47. The number of hydrogen-bond acceptors (Lipinski definition) is 4. The Balaban J connectivity index is 2.83. The molecule has 1 amide bonds. The molecule has 1 aromatic carbocycles. The normalized spacial score (nSPS) is 12.3. The smallest absolute Gasteiger partial charge is 0.228 e. The van der Waals surface area contributed by atoms with Crippen molar-refractivity contribution in [2.75, 3.05) is 6.61 Å². The predicted octanol–water partition coefficient (Wildman–Crippen LogP) is 3.21. The number of rotatable bonds is 10. The van der Waals surface area contributed by atoms with Crippen LogP contribution in [0.15, 0.2) is 30.4 Å². The van der Waals surface area contributed by atoms with Gasteiger partial charge in [0.2, 0.25) is 5.91 Å². The van der Waals surface area contributed by atoms with Crippen molar-refractivity contribution < 1.29 is 19.4 Å². The highest BCUT2D eigenvalue weighted by Crippen LogP contribution is 2.28. The van der Waals surface area contributed by atoms with Gasteiger partial charge < -0.3 is 15.6 Å². The van der Waals surface area contributed by atoms with Crippen LogP contribution in [0.3, 0.4) is 0 Å². The van der Waals surface area contributed by atoms with Crippen LogP contribution in [0.2, 0.25) is 0 Å². The number of aromatic hydroxyl groups is 1. The molecule has 5 heteroatoms. The quantitative estimate of drug-likeness (QED) is 0.300. The number of benzene rings is 1. The van der Waals surface area contributed by atoms with Crippen molar-refractivity contribution in [3.63, 3.8) is 0 Å². The molecule has 23 heavy (non-hydrogen) atoms. The van der Waals surface area contributed by atoms with E-state index in [-0.39, 0.29) is 17.3 Å². The zero-order valence-corrected chi connectivity index (χ0v) is 13.7. The maximum Gasteiger partial charge on any atom is 0.228 e. The van der Waals surface area contributed by atoms with Crippen LogP contribution in [0, 0.1) is 5.92 Å². The van der Waals surface area contributed by atoms with E-state index < -0.39 is 11.8 Å². The van der Waals surface area contributed by atoms with Gasteiger partial charge in [0, 0.05) is 5.56 Å². The number of hydrogen-bond donors (Lipinski definition) is 2. The van der Waals surface area contributed by atoms with Crippen molar-refractivity contribution in [1.29, 1.82) is 0 Å². The third kappa shape index (κ3) is 5.77. The highest BCUT2D eigenvalue weighted by molar-refractivity contribution is 6.09. The lowest BCUT2D eigenvalue weighted by molar-refractivity contribution is -0.120. The number of carbonyl (C=O) groups excluding carboxylic acids is 2. The fraction of sp³-hybridized carbons (Fsp3) is 0.444. The summed E-state index contributed by atoms with van der Waals surface area (Å²) < 4.78 is 5.27. The van der Waals surface area contributed by atoms with Gasteiger partial charge in [0.1, 0.15) is 5.92 Å². The zero-order chi connectivity index (χ0) is 17.2. The van der Waals surface area contributed by atoms with Crippen molar-refractivity contribution in [2.24, 2.45) is 11.7 Å². The van der Waals surface area contributed by atoms with Crippen molar-refractivity contribution in [3.05, 3.63) is 35.9 Å². The molecular formula is C18H25NO4. The number of allylic oxidation sites excluding steroid dienone is 2. The Bertz CT molecular complexity index is 566. The Morgan fingerprint density at radius 2 is 2.04 bits per heavy atom. The van der Waals surface area contributed by atoms with Crippen LogP contribution in [0.1, 0.15) is 49.9 Å². The minimum absolute atomic E-state index is 0.0382. The molecule has 0 saturated heterocycles. The Hall–Kier alpha value is -2.30. The van der Waals surface area contributed by atoms with Gasteiger partial charge in [-0.15, -0.1) is 0 Å². The van der Waals surface area contributed by atoms with E-state index in [1.165, 1.54) is 18.2 Å². The van der Waals surface area contributed by atoms with Gasteiger partial charge in [0.05, 0.1) is 6.61 Å². The average Bonchev–Trinajstić information content (AvgIpc) is 2.52. The summed E-state index contributed by atoms with van der Waals surface area (Å²) in [6.45, 7) is 4.20. The minimum Gasteiger partial charge on any atom is -0.504 e. The Morgan fingerprint density at radius 1 is 1.30 bits per heavy atom. The van der Waals surface area contributed by atoms with Gasteiger partial charge in [0.15, 0.2) is 17.3 Å². The van der Waals surface area contributed by atoms with E-state index in [0.29, 0.717) is 25.0 Å². The second-order valence-electron chi connectivity index (χ2n) is 5.25.